The van der Waals surface area contributed by atoms with Gasteiger partial charge in [-0.2, -0.15) is 5.21 Å². The van der Waals surface area contributed by atoms with Gasteiger partial charge in [-0.1, -0.05) is 73.6 Å². The largest absolute Gasteiger partial charge is 0.382 e. The van der Waals surface area contributed by atoms with E-state index >= 15 is 0 Å². The second-order valence-electron chi connectivity index (χ2n) is 7.96. The standard InChI is InChI=1S/C24H25N9S/c1-3-4-9-19-26-20-21(25)27-24(34-2)28-23(20)33(19)14-15-10-12-16(13-11-15)17-7-5-6-8-18(17)22-29-31-32-30-22/h5-8,10-13H,3-4,9,14H2,1-2H3,(H2,25,27,28)(H,29,30,31,32). The summed E-state index contributed by atoms with van der Waals surface area (Å²) >= 11 is 1.48. The third-order valence-corrected chi connectivity index (χ3v) is 6.28. The number of fused-ring (bicyclic) bond motifs is 1. The molecule has 0 spiro atoms. The van der Waals surface area contributed by atoms with Crippen molar-refractivity contribution in [3.63, 3.8) is 0 Å². The highest BCUT2D eigenvalue weighted by atomic mass is 32.2. The van der Waals surface area contributed by atoms with Crippen LogP contribution in [0.15, 0.2) is 53.7 Å². The Morgan fingerprint density at radius 3 is 2.50 bits per heavy atom. The van der Waals surface area contributed by atoms with E-state index in [0.29, 0.717) is 28.9 Å². The first-order valence-electron chi connectivity index (χ1n) is 11.2. The molecular formula is C24H25N9S. The molecule has 0 atom stereocenters. The van der Waals surface area contributed by atoms with Crippen molar-refractivity contribution in [1.29, 1.82) is 0 Å². The van der Waals surface area contributed by atoms with E-state index in [-0.39, 0.29) is 0 Å². The number of anilines is 1. The van der Waals surface area contributed by atoms with Crippen molar-refractivity contribution in [3.05, 3.63) is 59.9 Å². The monoisotopic (exact) mass is 471 g/mol. The molecule has 0 aliphatic rings. The number of aryl methyl sites for hydroxylation is 1. The highest BCUT2D eigenvalue weighted by Crippen LogP contribution is 2.30. The number of aromatic nitrogens is 8. The Morgan fingerprint density at radius 2 is 1.79 bits per heavy atom. The lowest BCUT2D eigenvalue weighted by Crippen LogP contribution is -2.07. The Labute approximate surface area is 201 Å². The smallest absolute Gasteiger partial charge is 0.205 e. The van der Waals surface area contributed by atoms with Gasteiger partial charge in [-0.05, 0) is 34.6 Å². The molecule has 0 bridgehead atoms. The van der Waals surface area contributed by atoms with Crippen LogP contribution in [0.1, 0.15) is 31.2 Å². The molecule has 5 rings (SSSR count). The summed E-state index contributed by atoms with van der Waals surface area (Å²) in [6, 6.07) is 16.6. The second kappa shape index (κ2) is 9.60. The van der Waals surface area contributed by atoms with Crippen LogP contribution in [0, 0.1) is 0 Å². The zero-order chi connectivity index (χ0) is 23.5. The molecule has 10 heteroatoms. The normalized spacial score (nSPS) is 11.4. The molecule has 0 aliphatic carbocycles. The van der Waals surface area contributed by atoms with Crippen LogP contribution in [0.3, 0.4) is 0 Å². The van der Waals surface area contributed by atoms with E-state index in [4.69, 9.17) is 15.7 Å². The van der Waals surface area contributed by atoms with Crippen LogP contribution in [0.5, 0.6) is 0 Å². The van der Waals surface area contributed by atoms with Gasteiger partial charge in [0.15, 0.2) is 22.1 Å². The Bertz CT molecular complexity index is 1410. The first-order chi connectivity index (χ1) is 16.7. The number of hydrogen-bond acceptors (Lipinski definition) is 8. The van der Waals surface area contributed by atoms with Gasteiger partial charge in [0.2, 0.25) is 5.82 Å². The lowest BCUT2D eigenvalue weighted by atomic mass is 9.98. The molecule has 3 N–H and O–H groups in total. The van der Waals surface area contributed by atoms with Gasteiger partial charge in [0.05, 0.1) is 6.54 Å². The summed E-state index contributed by atoms with van der Waals surface area (Å²) < 4.78 is 2.17. The highest BCUT2D eigenvalue weighted by Gasteiger charge is 2.17. The molecule has 3 aromatic heterocycles. The van der Waals surface area contributed by atoms with Gasteiger partial charge in [-0.3, -0.25) is 0 Å². The number of imidazole rings is 1. The molecule has 172 valence electrons. The van der Waals surface area contributed by atoms with Crippen LogP contribution in [-0.2, 0) is 13.0 Å². The molecule has 0 fully saturated rings. The average Bonchev–Trinajstić information content (AvgIpc) is 3.52. The second-order valence-corrected chi connectivity index (χ2v) is 8.74. The lowest BCUT2D eigenvalue weighted by molar-refractivity contribution is 0.685. The molecule has 0 unspecified atom stereocenters. The number of hydrogen-bond donors (Lipinski definition) is 2. The predicted octanol–water partition coefficient (Wildman–Crippen LogP) is 4.37. The van der Waals surface area contributed by atoms with Crippen molar-refractivity contribution in [3.8, 4) is 22.5 Å². The Hall–Kier alpha value is -3.79. The number of H-pyrrole nitrogens is 1. The van der Waals surface area contributed by atoms with E-state index < -0.39 is 0 Å². The van der Waals surface area contributed by atoms with E-state index in [1.807, 2.05) is 24.5 Å². The third kappa shape index (κ3) is 4.24. The summed E-state index contributed by atoms with van der Waals surface area (Å²) in [7, 11) is 0. The number of nitrogens with zero attached hydrogens (tertiary/aromatic N) is 7. The Kier molecular flexibility index (Phi) is 6.22. The van der Waals surface area contributed by atoms with E-state index in [9.17, 15) is 0 Å². The summed E-state index contributed by atoms with van der Waals surface area (Å²) in [6.45, 7) is 2.84. The van der Waals surface area contributed by atoms with Gasteiger partial charge >= 0.3 is 0 Å². The minimum Gasteiger partial charge on any atom is -0.382 e. The van der Waals surface area contributed by atoms with Crippen molar-refractivity contribution in [2.45, 2.75) is 37.9 Å². The number of nitrogen functional groups attached to an aromatic ring is 1. The van der Waals surface area contributed by atoms with Crippen LogP contribution in [0.4, 0.5) is 5.82 Å². The lowest BCUT2D eigenvalue weighted by Gasteiger charge is -2.11. The van der Waals surface area contributed by atoms with Crippen LogP contribution >= 0.6 is 11.8 Å². The number of thioether (sulfide) groups is 1. The minimum absolute atomic E-state index is 0.430. The first kappa shape index (κ1) is 22.0. The summed E-state index contributed by atoms with van der Waals surface area (Å²) in [5, 5.41) is 15.2. The third-order valence-electron chi connectivity index (χ3n) is 5.74. The molecule has 3 heterocycles. The molecule has 2 aromatic carbocycles. The fraction of sp³-hybridized carbons (Fsp3) is 0.250. The molecule has 34 heavy (non-hydrogen) atoms. The summed E-state index contributed by atoms with van der Waals surface area (Å²) in [5.41, 5.74) is 11.9. The van der Waals surface area contributed by atoms with E-state index in [1.54, 1.807) is 0 Å². The van der Waals surface area contributed by atoms with Gasteiger partial charge in [0.1, 0.15) is 5.82 Å². The minimum atomic E-state index is 0.430. The Balaban J connectivity index is 1.50. The number of nitrogens with two attached hydrogens (primary N) is 1. The van der Waals surface area contributed by atoms with Gasteiger partial charge < -0.3 is 10.3 Å². The predicted molar refractivity (Wildman–Crippen MR) is 134 cm³/mol. The summed E-state index contributed by atoms with van der Waals surface area (Å²) in [4.78, 5) is 13.9. The molecular weight excluding hydrogens is 446 g/mol. The van der Waals surface area contributed by atoms with E-state index in [0.717, 1.165) is 53.0 Å². The fourth-order valence-electron chi connectivity index (χ4n) is 4.01. The zero-order valence-electron chi connectivity index (χ0n) is 19.1. The fourth-order valence-corrected chi connectivity index (χ4v) is 4.37. The highest BCUT2D eigenvalue weighted by molar-refractivity contribution is 7.98. The van der Waals surface area contributed by atoms with E-state index in [2.05, 4.69) is 67.4 Å². The number of benzene rings is 2. The number of nitrogens with one attached hydrogen (secondary N) is 1. The molecule has 0 radical (unpaired) electrons. The molecule has 0 saturated carbocycles. The van der Waals surface area contributed by atoms with Gasteiger partial charge in [-0.25, -0.2) is 15.0 Å². The van der Waals surface area contributed by atoms with Crippen LogP contribution in [0.25, 0.3) is 33.7 Å². The van der Waals surface area contributed by atoms with Crippen molar-refractivity contribution >= 4 is 28.7 Å². The maximum absolute atomic E-state index is 6.22. The van der Waals surface area contributed by atoms with Crippen molar-refractivity contribution in [2.24, 2.45) is 0 Å². The van der Waals surface area contributed by atoms with Gasteiger partial charge in [0, 0.05) is 12.0 Å². The van der Waals surface area contributed by atoms with Crippen molar-refractivity contribution in [1.82, 2.24) is 40.1 Å². The number of unbranched alkanes of at least 4 members (excludes halogenated alkanes) is 1. The van der Waals surface area contributed by atoms with Crippen molar-refractivity contribution in [2.75, 3.05) is 12.0 Å². The molecule has 0 amide bonds. The topological polar surface area (TPSA) is 124 Å². The molecule has 0 saturated heterocycles. The Morgan fingerprint density at radius 1 is 1.00 bits per heavy atom. The molecule has 5 aromatic rings. The van der Waals surface area contributed by atoms with Gasteiger partial charge in [0.25, 0.3) is 0 Å². The van der Waals surface area contributed by atoms with Gasteiger partial charge in [-0.15, -0.1) is 10.2 Å². The maximum atomic E-state index is 6.22. The van der Waals surface area contributed by atoms with Crippen molar-refractivity contribution < 1.29 is 0 Å². The number of rotatable bonds is 8. The first-order valence-corrected chi connectivity index (χ1v) is 12.4. The van der Waals surface area contributed by atoms with E-state index in [1.165, 1.54) is 11.8 Å². The average molecular weight is 472 g/mol. The quantitative estimate of drug-likeness (QED) is 0.253. The van der Waals surface area contributed by atoms with Crippen LogP contribution in [0.2, 0.25) is 0 Å². The molecule has 0 aliphatic heterocycles. The number of tetrazole rings is 1. The maximum Gasteiger partial charge on any atom is 0.205 e. The molecule has 9 nitrogen and oxygen atoms in total. The number of aromatic amines is 1. The summed E-state index contributed by atoms with van der Waals surface area (Å²) in [5.74, 6) is 1.99. The summed E-state index contributed by atoms with van der Waals surface area (Å²) in [6.07, 6.45) is 4.97. The van der Waals surface area contributed by atoms with Crippen LogP contribution < -0.4 is 5.73 Å². The zero-order valence-corrected chi connectivity index (χ0v) is 19.9. The van der Waals surface area contributed by atoms with Crippen LogP contribution in [-0.4, -0.2) is 46.4 Å². The SMILES string of the molecule is CCCCc1nc2c(N)nc(SC)nc2n1Cc1ccc(-c2ccccc2-c2nn[nH]n2)cc1.